The Kier molecular flexibility index (Phi) is 4.91. The number of rotatable bonds is 6. The van der Waals surface area contributed by atoms with Crippen LogP contribution in [0.2, 0.25) is 0 Å². The quantitative estimate of drug-likeness (QED) is 0.727. The van der Waals surface area contributed by atoms with E-state index in [1.165, 1.54) is 0 Å². The summed E-state index contributed by atoms with van der Waals surface area (Å²) in [6.45, 7) is 0.552. The molecule has 0 atom stereocenters. The van der Waals surface area contributed by atoms with Crippen LogP contribution >= 0.6 is 0 Å². The van der Waals surface area contributed by atoms with Crippen LogP contribution < -0.4 is 15.4 Å². The predicted molar refractivity (Wildman–Crippen MR) is 96.5 cm³/mol. The van der Waals surface area contributed by atoms with Gasteiger partial charge in [0.15, 0.2) is 0 Å². The molecule has 0 bridgehead atoms. The normalized spacial score (nSPS) is 10.4. The Morgan fingerprint density at radius 2 is 1.88 bits per heavy atom. The maximum atomic E-state index is 12.1. The van der Waals surface area contributed by atoms with Gasteiger partial charge in [0.25, 0.3) is 0 Å². The second-order valence-corrected chi connectivity index (χ2v) is 5.33. The lowest BCUT2D eigenvalue weighted by Gasteiger charge is -2.09. The van der Waals surface area contributed by atoms with Crippen molar-refractivity contribution >= 4 is 28.2 Å². The second kappa shape index (κ2) is 7.46. The molecule has 122 valence electrons. The van der Waals surface area contributed by atoms with Gasteiger partial charge in [0.1, 0.15) is 5.75 Å². The largest absolute Gasteiger partial charge is 0.497 e. The molecule has 5 nitrogen and oxygen atoms in total. The van der Waals surface area contributed by atoms with Gasteiger partial charge in [-0.2, -0.15) is 0 Å². The Balaban J connectivity index is 1.55. The third kappa shape index (κ3) is 3.81. The number of amides is 1. The number of anilines is 2. The summed E-state index contributed by atoms with van der Waals surface area (Å²) >= 11 is 0. The number of carbonyl (C=O) groups excluding carboxylic acids is 1. The van der Waals surface area contributed by atoms with Crippen molar-refractivity contribution in [1.82, 2.24) is 4.98 Å². The summed E-state index contributed by atoms with van der Waals surface area (Å²) in [6.07, 6.45) is 2.10. The van der Waals surface area contributed by atoms with E-state index in [0.29, 0.717) is 13.0 Å². The number of methoxy groups -OCH3 is 1. The Labute approximate surface area is 140 Å². The lowest BCUT2D eigenvalue weighted by Crippen LogP contribution is -2.16. The molecule has 0 unspecified atom stereocenters. The molecule has 0 saturated heterocycles. The van der Waals surface area contributed by atoms with E-state index in [0.717, 1.165) is 28.0 Å². The molecule has 3 rings (SSSR count). The van der Waals surface area contributed by atoms with Gasteiger partial charge >= 0.3 is 0 Å². The van der Waals surface area contributed by atoms with Crippen LogP contribution in [0.4, 0.5) is 11.4 Å². The Morgan fingerprint density at radius 1 is 1.08 bits per heavy atom. The smallest absolute Gasteiger partial charge is 0.226 e. The van der Waals surface area contributed by atoms with Gasteiger partial charge < -0.3 is 15.4 Å². The first-order valence-corrected chi connectivity index (χ1v) is 7.78. The topological polar surface area (TPSA) is 63.2 Å². The summed E-state index contributed by atoms with van der Waals surface area (Å²) in [7, 11) is 1.63. The molecule has 1 amide bonds. The molecule has 1 aromatic heterocycles. The average Bonchev–Trinajstić information content (AvgIpc) is 2.63. The van der Waals surface area contributed by atoms with E-state index in [4.69, 9.17) is 4.74 Å². The SMILES string of the molecule is COc1ccc(NCCC(=O)Nc2cccc3cccnc23)cc1. The van der Waals surface area contributed by atoms with Gasteiger partial charge in [-0.15, -0.1) is 0 Å². The Hall–Kier alpha value is -3.08. The van der Waals surface area contributed by atoms with Crippen LogP contribution in [0, 0.1) is 0 Å². The fourth-order valence-corrected chi connectivity index (χ4v) is 2.45. The maximum Gasteiger partial charge on any atom is 0.226 e. The van der Waals surface area contributed by atoms with Crippen molar-refractivity contribution in [3.63, 3.8) is 0 Å². The first-order valence-electron chi connectivity index (χ1n) is 7.78. The van der Waals surface area contributed by atoms with Crippen molar-refractivity contribution in [2.75, 3.05) is 24.3 Å². The number of para-hydroxylation sites is 1. The van der Waals surface area contributed by atoms with Gasteiger partial charge in [-0.05, 0) is 36.4 Å². The van der Waals surface area contributed by atoms with Crippen molar-refractivity contribution in [3.05, 3.63) is 60.8 Å². The maximum absolute atomic E-state index is 12.1. The van der Waals surface area contributed by atoms with Crippen LogP contribution in [-0.4, -0.2) is 24.5 Å². The number of pyridine rings is 1. The Morgan fingerprint density at radius 3 is 2.67 bits per heavy atom. The fraction of sp³-hybridized carbons (Fsp3) is 0.158. The summed E-state index contributed by atoms with van der Waals surface area (Å²) in [5, 5.41) is 7.15. The van der Waals surface area contributed by atoms with E-state index in [1.54, 1.807) is 13.3 Å². The number of aromatic nitrogens is 1. The first-order chi connectivity index (χ1) is 11.8. The predicted octanol–water partition coefficient (Wildman–Crippen LogP) is 3.68. The number of hydrogen-bond donors (Lipinski definition) is 2. The molecule has 5 heteroatoms. The highest BCUT2D eigenvalue weighted by atomic mass is 16.5. The van der Waals surface area contributed by atoms with Crippen molar-refractivity contribution in [3.8, 4) is 5.75 Å². The molecule has 1 heterocycles. The lowest BCUT2D eigenvalue weighted by atomic mass is 10.2. The summed E-state index contributed by atoms with van der Waals surface area (Å²) in [5.41, 5.74) is 2.49. The minimum absolute atomic E-state index is 0.0471. The van der Waals surface area contributed by atoms with Crippen LogP contribution in [0.15, 0.2) is 60.8 Å². The first kappa shape index (κ1) is 15.8. The van der Waals surface area contributed by atoms with Crippen LogP contribution in [0.25, 0.3) is 10.9 Å². The summed E-state index contributed by atoms with van der Waals surface area (Å²) in [6, 6.07) is 17.2. The number of nitrogens with zero attached hydrogens (tertiary/aromatic N) is 1. The lowest BCUT2D eigenvalue weighted by molar-refractivity contribution is -0.115. The third-order valence-electron chi connectivity index (χ3n) is 3.68. The highest BCUT2D eigenvalue weighted by Gasteiger charge is 2.06. The minimum atomic E-state index is -0.0471. The molecule has 2 N–H and O–H groups in total. The number of benzene rings is 2. The van der Waals surface area contributed by atoms with Crippen LogP contribution in [-0.2, 0) is 4.79 Å². The van der Waals surface area contributed by atoms with Gasteiger partial charge in [-0.3, -0.25) is 9.78 Å². The van der Waals surface area contributed by atoms with Crippen molar-refractivity contribution in [2.24, 2.45) is 0 Å². The second-order valence-electron chi connectivity index (χ2n) is 5.33. The van der Waals surface area contributed by atoms with Gasteiger partial charge in [-0.25, -0.2) is 0 Å². The summed E-state index contributed by atoms with van der Waals surface area (Å²) < 4.78 is 5.12. The highest BCUT2D eigenvalue weighted by molar-refractivity contribution is 6.00. The molecular formula is C19H19N3O2. The van der Waals surface area contributed by atoms with Crippen LogP contribution in [0.3, 0.4) is 0 Å². The molecule has 3 aromatic rings. The monoisotopic (exact) mass is 321 g/mol. The molecule has 0 aliphatic carbocycles. The third-order valence-corrected chi connectivity index (χ3v) is 3.68. The fourth-order valence-electron chi connectivity index (χ4n) is 2.45. The highest BCUT2D eigenvalue weighted by Crippen LogP contribution is 2.20. The zero-order valence-corrected chi connectivity index (χ0v) is 13.5. The van der Waals surface area contributed by atoms with E-state index in [-0.39, 0.29) is 5.91 Å². The van der Waals surface area contributed by atoms with Crippen LogP contribution in [0.1, 0.15) is 6.42 Å². The van der Waals surface area contributed by atoms with Crippen molar-refractivity contribution in [2.45, 2.75) is 6.42 Å². The number of carbonyl (C=O) groups is 1. The molecule has 0 spiro atoms. The molecule has 0 saturated carbocycles. The van der Waals surface area contributed by atoms with E-state index in [1.807, 2.05) is 54.6 Å². The Bertz CT molecular complexity index is 826. The van der Waals surface area contributed by atoms with Crippen molar-refractivity contribution < 1.29 is 9.53 Å². The molecule has 0 fully saturated rings. The van der Waals surface area contributed by atoms with E-state index < -0.39 is 0 Å². The minimum Gasteiger partial charge on any atom is -0.497 e. The number of fused-ring (bicyclic) bond motifs is 1. The zero-order chi connectivity index (χ0) is 16.8. The molecular weight excluding hydrogens is 302 g/mol. The number of hydrogen-bond acceptors (Lipinski definition) is 4. The molecule has 0 radical (unpaired) electrons. The summed E-state index contributed by atoms with van der Waals surface area (Å²) in [5.74, 6) is 0.760. The molecule has 0 aliphatic rings. The van der Waals surface area contributed by atoms with E-state index in [2.05, 4.69) is 15.6 Å². The van der Waals surface area contributed by atoms with Gasteiger partial charge in [0.05, 0.1) is 18.3 Å². The average molecular weight is 321 g/mol. The standard InChI is InChI=1S/C19H19N3O2/c1-24-16-9-7-15(8-10-16)20-13-11-18(23)22-17-6-2-4-14-5-3-12-21-19(14)17/h2-10,12,20H,11,13H2,1H3,(H,22,23). The van der Waals surface area contributed by atoms with Gasteiger partial charge in [0, 0.05) is 30.2 Å². The molecule has 0 aliphatic heterocycles. The van der Waals surface area contributed by atoms with Crippen LogP contribution in [0.5, 0.6) is 5.75 Å². The number of nitrogens with one attached hydrogen (secondary N) is 2. The molecule has 2 aromatic carbocycles. The van der Waals surface area contributed by atoms with E-state index in [9.17, 15) is 4.79 Å². The zero-order valence-electron chi connectivity index (χ0n) is 13.5. The summed E-state index contributed by atoms with van der Waals surface area (Å²) in [4.78, 5) is 16.5. The van der Waals surface area contributed by atoms with Crippen molar-refractivity contribution in [1.29, 1.82) is 0 Å². The molecule has 24 heavy (non-hydrogen) atoms. The number of ether oxygens (including phenoxy) is 1. The van der Waals surface area contributed by atoms with Gasteiger partial charge in [-0.1, -0.05) is 18.2 Å². The van der Waals surface area contributed by atoms with Gasteiger partial charge in [0.2, 0.25) is 5.91 Å². The van der Waals surface area contributed by atoms with E-state index >= 15 is 0 Å².